The van der Waals surface area contributed by atoms with E-state index in [4.69, 9.17) is 10.8 Å². The lowest BCUT2D eigenvalue weighted by atomic mass is 10.1. The van der Waals surface area contributed by atoms with Gasteiger partial charge in [0.1, 0.15) is 0 Å². The van der Waals surface area contributed by atoms with Crippen LogP contribution in [-0.4, -0.2) is 28.7 Å². The molecule has 0 bridgehead atoms. The first kappa shape index (κ1) is 13.3. The van der Waals surface area contributed by atoms with Gasteiger partial charge in [-0.3, -0.25) is 4.79 Å². The monoisotopic (exact) mass is 238 g/mol. The van der Waals surface area contributed by atoms with Crippen LogP contribution in [0.5, 0.6) is 11.5 Å². The van der Waals surface area contributed by atoms with Crippen molar-refractivity contribution in [2.75, 3.05) is 6.54 Å². The molecule has 94 valence electrons. The van der Waals surface area contributed by atoms with Crippen molar-refractivity contribution in [1.82, 2.24) is 5.32 Å². The molecule has 0 fully saturated rings. The van der Waals surface area contributed by atoms with Crippen molar-refractivity contribution >= 4 is 5.91 Å². The van der Waals surface area contributed by atoms with Gasteiger partial charge in [0.2, 0.25) is 0 Å². The zero-order chi connectivity index (χ0) is 12.8. The molecule has 0 aliphatic rings. The van der Waals surface area contributed by atoms with E-state index in [1.165, 1.54) is 18.2 Å². The molecule has 5 heteroatoms. The van der Waals surface area contributed by atoms with Crippen LogP contribution in [0.3, 0.4) is 0 Å². The molecule has 1 atom stereocenters. The van der Waals surface area contributed by atoms with E-state index in [1.807, 2.05) is 6.92 Å². The smallest absolute Gasteiger partial charge is 0.251 e. The second-order valence-electron chi connectivity index (χ2n) is 3.86. The molecule has 0 saturated heterocycles. The normalized spacial score (nSPS) is 12.1. The lowest BCUT2D eigenvalue weighted by Crippen LogP contribution is -2.35. The van der Waals surface area contributed by atoms with Gasteiger partial charge in [-0.2, -0.15) is 0 Å². The van der Waals surface area contributed by atoms with Gasteiger partial charge in [0.25, 0.3) is 5.91 Å². The first-order valence-corrected chi connectivity index (χ1v) is 5.61. The minimum Gasteiger partial charge on any atom is -0.504 e. The van der Waals surface area contributed by atoms with Gasteiger partial charge >= 0.3 is 0 Å². The van der Waals surface area contributed by atoms with E-state index in [9.17, 15) is 9.90 Å². The van der Waals surface area contributed by atoms with Gasteiger partial charge in [0, 0.05) is 11.6 Å². The SMILES string of the molecule is CCC(CCN)NC(=O)c1ccc(O)c(O)c1. The Labute approximate surface area is 100 Å². The number of rotatable bonds is 5. The summed E-state index contributed by atoms with van der Waals surface area (Å²) in [6.45, 7) is 2.48. The maximum Gasteiger partial charge on any atom is 0.251 e. The Kier molecular flexibility index (Phi) is 4.78. The molecule has 1 amide bonds. The summed E-state index contributed by atoms with van der Waals surface area (Å²) in [5, 5.41) is 21.3. The first-order valence-electron chi connectivity index (χ1n) is 5.61. The maximum absolute atomic E-state index is 11.8. The topological polar surface area (TPSA) is 95.6 Å². The van der Waals surface area contributed by atoms with Crippen molar-refractivity contribution in [1.29, 1.82) is 0 Å². The molecule has 5 nitrogen and oxygen atoms in total. The zero-order valence-corrected chi connectivity index (χ0v) is 9.81. The van der Waals surface area contributed by atoms with Gasteiger partial charge < -0.3 is 21.3 Å². The summed E-state index contributed by atoms with van der Waals surface area (Å²) in [6.07, 6.45) is 1.51. The highest BCUT2D eigenvalue weighted by molar-refractivity contribution is 5.95. The lowest BCUT2D eigenvalue weighted by Gasteiger charge is -2.16. The highest BCUT2D eigenvalue weighted by Gasteiger charge is 2.12. The first-order chi connectivity index (χ1) is 8.08. The fraction of sp³-hybridized carbons (Fsp3) is 0.417. The Bertz CT molecular complexity index is 393. The number of phenolic OH excluding ortho intramolecular Hbond substituents is 2. The molecule has 0 aromatic heterocycles. The predicted octanol–water partition coefficient (Wildman–Crippen LogP) is 0.955. The van der Waals surface area contributed by atoms with Crippen LogP contribution in [0.1, 0.15) is 30.1 Å². The molecule has 1 rings (SSSR count). The van der Waals surface area contributed by atoms with Gasteiger partial charge in [0.05, 0.1) is 0 Å². The van der Waals surface area contributed by atoms with E-state index in [-0.39, 0.29) is 23.4 Å². The molecule has 0 aliphatic heterocycles. The third-order valence-electron chi connectivity index (χ3n) is 2.58. The number of carbonyl (C=O) groups is 1. The summed E-state index contributed by atoms with van der Waals surface area (Å²) >= 11 is 0. The van der Waals surface area contributed by atoms with Crippen LogP contribution in [0, 0.1) is 0 Å². The number of hydrogen-bond acceptors (Lipinski definition) is 4. The average molecular weight is 238 g/mol. The van der Waals surface area contributed by atoms with E-state index >= 15 is 0 Å². The van der Waals surface area contributed by atoms with Gasteiger partial charge in [-0.15, -0.1) is 0 Å². The fourth-order valence-corrected chi connectivity index (χ4v) is 1.51. The van der Waals surface area contributed by atoms with Crippen molar-refractivity contribution in [3.63, 3.8) is 0 Å². The molecule has 0 saturated carbocycles. The van der Waals surface area contributed by atoms with Crippen molar-refractivity contribution < 1.29 is 15.0 Å². The molecular formula is C12H18N2O3. The Morgan fingerprint density at radius 3 is 2.65 bits per heavy atom. The van der Waals surface area contributed by atoms with Crippen molar-refractivity contribution in [3.05, 3.63) is 23.8 Å². The minimum absolute atomic E-state index is 0.0310. The number of carbonyl (C=O) groups excluding carboxylic acids is 1. The van der Waals surface area contributed by atoms with Gasteiger partial charge in [-0.25, -0.2) is 0 Å². The number of aromatic hydroxyl groups is 2. The Morgan fingerprint density at radius 2 is 2.12 bits per heavy atom. The minimum atomic E-state index is -0.301. The summed E-state index contributed by atoms with van der Waals surface area (Å²) in [5.74, 6) is -0.819. The molecule has 1 aromatic rings. The summed E-state index contributed by atoms with van der Waals surface area (Å²) in [6, 6.07) is 4.01. The lowest BCUT2D eigenvalue weighted by molar-refractivity contribution is 0.0934. The Hall–Kier alpha value is -1.75. The van der Waals surface area contributed by atoms with Gasteiger partial charge in [-0.1, -0.05) is 6.92 Å². The predicted molar refractivity (Wildman–Crippen MR) is 65.0 cm³/mol. The number of hydrogen-bond donors (Lipinski definition) is 4. The second kappa shape index (κ2) is 6.10. The highest BCUT2D eigenvalue weighted by atomic mass is 16.3. The van der Waals surface area contributed by atoms with Crippen LogP contribution < -0.4 is 11.1 Å². The Morgan fingerprint density at radius 1 is 1.41 bits per heavy atom. The zero-order valence-electron chi connectivity index (χ0n) is 9.81. The van der Waals surface area contributed by atoms with Crippen molar-refractivity contribution in [2.24, 2.45) is 5.73 Å². The van der Waals surface area contributed by atoms with E-state index in [0.29, 0.717) is 18.5 Å². The summed E-state index contributed by atoms with van der Waals surface area (Å²) in [5.41, 5.74) is 5.75. The van der Waals surface area contributed by atoms with E-state index in [2.05, 4.69) is 5.32 Å². The molecule has 1 aromatic carbocycles. The number of phenols is 2. The fourth-order valence-electron chi connectivity index (χ4n) is 1.51. The molecule has 0 aliphatic carbocycles. The number of benzene rings is 1. The van der Waals surface area contributed by atoms with E-state index in [1.54, 1.807) is 0 Å². The standard InChI is InChI=1S/C12H18N2O3/c1-2-9(5-6-13)14-12(17)8-3-4-10(15)11(16)7-8/h3-4,7,9,15-16H,2,5-6,13H2,1H3,(H,14,17). The number of nitrogens with two attached hydrogens (primary N) is 1. The third-order valence-corrected chi connectivity index (χ3v) is 2.58. The van der Waals surface area contributed by atoms with E-state index < -0.39 is 0 Å². The van der Waals surface area contributed by atoms with Crippen LogP contribution in [-0.2, 0) is 0 Å². The van der Waals surface area contributed by atoms with Crippen molar-refractivity contribution in [3.8, 4) is 11.5 Å². The summed E-state index contributed by atoms with van der Waals surface area (Å²) < 4.78 is 0. The maximum atomic E-state index is 11.8. The molecule has 0 spiro atoms. The van der Waals surface area contributed by atoms with Crippen LogP contribution in [0.2, 0.25) is 0 Å². The summed E-state index contributed by atoms with van der Waals surface area (Å²) in [4.78, 5) is 11.8. The van der Waals surface area contributed by atoms with Gasteiger partial charge in [0.15, 0.2) is 11.5 Å². The van der Waals surface area contributed by atoms with Crippen LogP contribution >= 0.6 is 0 Å². The quantitative estimate of drug-likeness (QED) is 0.574. The number of amides is 1. The largest absolute Gasteiger partial charge is 0.504 e. The summed E-state index contributed by atoms with van der Waals surface area (Å²) in [7, 11) is 0. The van der Waals surface area contributed by atoms with E-state index in [0.717, 1.165) is 6.42 Å². The second-order valence-corrected chi connectivity index (χ2v) is 3.86. The molecule has 1 unspecified atom stereocenters. The van der Waals surface area contributed by atoms with Gasteiger partial charge in [-0.05, 0) is 37.6 Å². The van der Waals surface area contributed by atoms with Crippen LogP contribution in [0.4, 0.5) is 0 Å². The van der Waals surface area contributed by atoms with Crippen molar-refractivity contribution in [2.45, 2.75) is 25.8 Å². The molecule has 17 heavy (non-hydrogen) atoms. The number of nitrogens with one attached hydrogen (secondary N) is 1. The molecule has 0 radical (unpaired) electrons. The van der Waals surface area contributed by atoms with Crippen LogP contribution in [0.25, 0.3) is 0 Å². The Balaban J connectivity index is 2.72. The molecular weight excluding hydrogens is 220 g/mol. The highest BCUT2D eigenvalue weighted by Crippen LogP contribution is 2.24. The molecule has 0 heterocycles. The molecule has 5 N–H and O–H groups in total. The van der Waals surface area contributed by atoms with Crippen LogP contribution in [0.15, 0.2) is 18.2 Å². The average Bonchev–Trinajstić information content (AvgIpc) is 2.31. The third kappa shape index (κ3) is 3.64.